The highest BCUT2D eigenvalue weighted by molar-refractivity contribution is 5.63. The first-order valence-electron chi connectivity index (χ1n) is 6.70. The first-order chi connectivity index (χ1) is 9.16. The standard InChI is InChI=1S/C17H21NO/c1-13(2)17(18)12-19-16-10-8-15(9-11-16)14-6-4-3-5-7-14/h3-11,13,17H,12,18H2,1-2H3/t17-/m1/s1. The lowest BCUT2D eigenvalue weighted by Crippen LogP contribution is -2.32. The summed E-state index contributed by atoms with van der Waals surface area (Å²) >= 11 is 0. The smallest absolute Gasteiger partial charge is 0.119 e. The fourth-order valence-corrected chi connectivity index (χ4v) is 1.76. The maximum absolute atomic E-state index is 5.96. The van der Waals surface area contributed by atoms with E-state index in [2.05, 4.69) is 38.1 Å². The molecule has 0 saturated heterocycles. The molecule has 0 aliphatic rings. The lowest BCUT2D eigenvalue weighted by molar-refractivity contribution is 0.259. The Morgan fingerprint density at radius 1 is 0.895 bits per heavy atom. The summed E-state index contributed by atoms with van der Waals surface area (Å²) in [5.74, 6) is 1.30. The van der Waals surface area contributed by atoms with Gasteiger partial charge in [-0.05, 0) is 29.2 Å². The van der Waals surface area contributed by atoms with Crippen molar-refractivity contribution in [2.45, 2.75) is 19.9 Å². The third-order valence-electron chi connectivity index (χ3n) is 3.26. The molecule has 19 heavy (non-hydrogen) atoms. The summed E-state index contributed by atoms with van der Waals surface area (Å²) in [6.45, 7) is 4.77. The summed E-state index contributed by atoms with van der Waals surface area (Å²) in [5.41, 5.74) is 8.37. The Labute approximate surface area is 115 Å². The molecule has 0 spiro atoms. The second-order valence-corrected chi connectivity index (χ2v) is 5.11. The molecule has 0 fully saturated rings. The number of benzene rings is 2. The van der Waals surface area contributed by atoms with Crippen molar-refractivity contribution < 1.29 is 4.74 Å². The minimum Gasteiger partial charge on any atom is -0.492 e. The molecular weight excluding hydrogens is 234 g/mol. The van der Waals surface area contributed by atoms with E-state index in [0.717, 1.165) is 5.75 Å². The van der Waals surface area contributed by atoms with Crippen molar-refractivity contribution in [1.29, 1.82) is 0 Å². The SMILES string of the molecule is CC(C)[C@H](N)COc1ccc(-c2ccccc2)cc1. The molecule has 0 unspecified atom stereocenters. The van der Waals surface area contributed by atoms with Gasteiger partial charge < -0.3 is 10.5 Å². The topological polar surface area (TPSA) is 35.2 Å². The van der Waals surface area contributed by atoms with Crippen LogP contribution in [0.25, 0.3) is 11.1 Å². The zero-order valence-electron chi connectivity index (χ0n) is 11.5. The van der Waals surface area contributed by atoms with E-state index < -0.39 is 0 Å². The molecule has 1 atom stereocenters. The molecule has 2 aromatic carbocycles. The first-order valence-corrected chi connectivity index (χ1v) is 6.70. The van der Waals surface area contributed by atoms with E-state index in [9.17, 15) is 0 Å². The Morgan fingerprint density at radius 2 is 1.47 bits per heavy atom. The average molecular weight is 255 g/mol. The van der Waals surface area contributed by atoms with Crippen LogP contribution < -0.4 is 10.5 Å². The number of rotatable bonds is 5. The van der Waals surface area contributed by atoms with Crippen LogP contribution >= 0.6 is 0 Å². The van der Waals surface area contributed by atoms with E-state index in [0.29, 0.717) is 12.5 Å². The fourth-order valence-electron chi connectivity index (χ4n) is 1.76. The molecule has 0 saturated carbocycles. The highest BCUT2D eigenvalue weighted by Gasteiger charge is 2.08. The monoisotopic (exact) mass is 255 g/mol. The fraction of sp³-hybridized carbons (Fsp3) is 0.294. The second-order valence-electron chi connectivity index (χ2n) is 5.11. The molecule has 0 amide bonds. The van der Waals surface area contributed by atoms with Gasteiger partial charge in [-0.3, -0.25) is 0 Å². The van der Waals surface area contributed by atoms with Gasteiger partial charge in [-0.1, -0.05) is 56.3 Å². The molecule has 100 valence electrons. The van der Waals surface area contributed by atoms with Gasteiger partial charge >= 0.3 is 0 Å². The van der Waals surface area contributed by atoms with Gasteiger partial charge in [-0.25, -0.2) is 0 Å². The maximum atomic E-state index is 5.96. The molecule has 0 heterocycles. The van der Waals surface area contributed by atoms with Crippen LogP contribution in [0.5, 0.6) is 5.75 Å². The van der Waals surface area contributed by atoms with Crippen molar-refractivity contribution >= 4 is 0 Å². The van der Waals surface area contributed by atoms with Crippen LogP contribution in [-0.4, -0.2) is 12.6 Å². The average Bonchev–Trinajstić information content (AvgIpc) is 2.46. The van der Waals surface area contributed by atoms with E-state index >= 15 is 0 Å². The molecule has 0 aliphatic heterocycles. The molecule has 0 radical (unpaired) electrons. The van der Waals surface area contributed by atoms with Gasteiger partial charge in [-0.15, -0.1) is 0 Å². The first kappa shape index (κ1) is 13.6. The maximum Gasteiger partial charge on any atom is 0.119 e. The van der Waals surface area contributed by atoms with Crippen LogP contribution in [0.4, 0.5) is 0 Å². The molecule has 2 heteroatoms. The highest BCUT2D eigenvalue weighted by Crippen LogP contribution is 2.22. The molecule has 2 nitrogen and oxygen atoms in total. The van der Waals surface area contributed by atoms with E-state index in [1.807, 2.05) is 30.3 Å². The number of hydrogen-bond donors (Lipinski definition) is 1. The summed E-state index contributed by atoms with van der Waals surface area (Å²) in [7, 11) is 0. The Bertz CT molecular complexity index is 490. The van der Waals surface area contributed by atoms with Crippen molar-refractivity contribution in [3.05, 3.63) is 54.6 Å². The third kappa shape index (κ3) is 3.83. The summed E-state index contributed by atoms with van der Waals surface area (Å²) in [6.07, 6.45) is 0. The normalized spacial score (nSPS) is 12.4. The van der Waals surface area contributed by atoms with Gasteiger partial charge in [0, 0.05) is 6.04 Å². The van der Waals surface area contributed by atoms with Gasteiger partial charge in [0.15, 0.2) is 0 Å². The van der Waals surface area contributed by atoms with E-state index in [1.54, 1.807) is 0 Å². The lowest BCUT2D eigenvalue weighted by atomic mass is 10.1. The molecular formula is C17H21NO. The van der Waals surface area contributed by atoms with Crippen LogP contribution in [0.3, 0.4) is 0 Å². The summed E-state index contributed by atoms with van der Waals surface area (Å²) < 4.78 is 5.69. The Balaban J connectivity index is 1.99. The summed E-state index contributed by atoms with van der Waals surface area (Å²) in [6, 6.07) is 18.5. The minimum atomic E-state index is 0.0776. The lowest BCUT2D eigenvalue weighted by Gasteiger charge is -2.16. The molecule has 2 N–H and O–H groups in total. The molecule has 0 aromatic heterocycles. The molecule has 0 bridgehead atoms. The Kier molecular flexibility index (Phi) is 4.58. The van der Waals surface area contributed by atoms with Gasteiger partial charge in [0.1, 0.15) is 12.4 Å². The van der Waals surface area contributed by atoms with Crippen molar-refractivity contribution in [3.63, 3.8) is 0 Å². The number of ether oxygens (including phenoxy) is 1. The predicted octanol–water partition coefficient (Wildman–Crippen LogP) is 3.72. The van der Waals surface area contributed by atoms with Crippen LogP contribution in [-0.2, 0) is 0 Å². The van der Waals surface area contributed by atoms with Crippen molar-refractivity contribution in [1.82, 2.24) is 0 Å². The zero-order valence-corrected chi connectivity index (χ0v) is 11.5. The van der Waals surface area contributed by atoms with Gasteiger partial charge in [-0.2, -0.15) is 0 Å². The summed E-state index contributed by atoms with van der Waals surface area (Å²) in [4.78, 5) is 0. The molecule has 2 rings (SSSR count). The van der Waals surface area contributed by atoms with E-state index in [1.165, 1.54) is 11.1 Å². The predicted molar refractivity (Wildman–Crippen MR) is 80.2 cm³/mol. The van der Waals surface area contributed by atoms with Crippen molar-refractivity contribution in [2.75, 3.05) is 6.61 Å². The zero-order chi connectivity index (χ0) is 13.7. The van der Waals surface area contributed by atoms with Crippen LogP contribution in [0.2, 0.25) is 0 Å². The van der Waals surface area contributed by atoms with Gasteiger partial charge in [0.05, 0.1) is 0 Å². The van der Waals surface area contributed by atoms with Crippen molar-refractivity contribution in [2.24, 2.45) is 11.7 Å². The minimum absolute atomic E-state index is 0.0776. The third-order valence-corrected chi connectivity index (χ3v) is 3.26. The van der Waals surface area contributed by atoms with E-state index in [4.69, 9.17) is 10.5 Å². The number of nitrogens with two attached hydrogens (primary N) is 1. The second kappa shape index (κ2) is 6.39. The van der Waals surface area contributed by atoms with Gasteiger partial charge in [0.2, 0.25) is 0 Å². The Hall–Kier alpha value is -1.80. The highest BCUT2D eigenvalue weighted by atomic mass is 16.5. The van der Waals surface area contributed by atoms with Gasteiger partial charge in [0.25, 0.3) is 0 Å². The molecule has 2 aromatic rings. The largest absolute Gasteiger partial charge is 0.492 e. The molecule has 0 aliphatic carbocycles. The van der Waals surface area contributed by atoms with Crippen LogP contribution in [0.1, 0.15) is 13.8 Å². The number of hydrogen-bond acceptors (Lipinski definition) is 2. The Morgan fingerprint density at radius 3 is 2.05 bits per heavy atom. The summed E-state index contributed by atoms with van der Waals surface area (Å²) in [5, 5.41) is 0. The van der Waals surface area contributed by atoms with Crippen molar-refractivity contribution in [3.8, 4) is 16.9 Å². The van der Waals surface area contributed by atoms with Crippen LogP contribution in [0.15, 0.2) is 54.6 Å². The van der Waals surface area contributed by atoms with E-state index in [-0.39, 0.29) is 6.04 Å². The van der Waals surface area contributed by atoms with Crippen LogP contribution in [0, 0.1) is 5.92 Å². The quantitative estimate of drug-likeness (QED) is 0.883.